The first-order chi connectivity index (χ1) is 38.6. The van der Waals surface area contributed by atoms with Gasteiger partial charge >= 0.3 is 11.9 Å². The van der Waals surface area contributed by atoms with Crippen LogP contribution in [0.3, 0.4) is 0 Å². The number of aliphatic hydroxyl groups is 2. The Bertz CT molecular complexity index is 2460. The summed E-state index contributed by atoms with van der Waals surface area (Å²) in [6, 6.07) is -7.06. The summed E-state index contributed by atoms with van der Waals surface area (Å²) in [4.78, 5) is 165. The van der Waals surface area contributed by atoms with Crippen LogP contribution in [0.15, 0.2) is 24.3 Å². The Morgan fingerprint density at radius 2 is 1.07 bits per heavy atom. The fraction of sp³-hybridized carbons (Fsp3) is 0.647. The number of nitrogens with zero attached hydrogens (tertiary/aromatic N) is 4. The molecule has 81 heavy (non-hydrogen) atoms. The summed E-state index contributed by atoms with van der Waals surface area (Å²) in [6.45, 7) is -1.65. The quantitative estimate of drug-likeness (QED) is 0.0263. The van der Waals surface area contributed by atoms with Gasteiger partial charge < -0.3 is 88.5 Å². The van der Waals surface area contributed by atoms with Crippen LogP contribution in [0.5, 0.6) is 5.75 Å². The Morgan fingerprint density at radius 1 is 0.580 bits per heavy atom. The number of carbonyl (C=O) groups excluding carboxylic acids is 10. The van der Waals surface area contributed by atoms with E-state index < -0.39 is 158 Å². The SMILES string of the molecule is NCCCC[C@H](NC(=O)[C@H](CO)NC(=O)[C@@H](N)CCC(=O)O)C(=O)N[C@@H](Cc1ccc(O)cc1)C(=O)NCC(=O)N1CCC[C@H]1C(=O)N1CCC[C@H]1C(=O)N1CCC[C@H]1C(=O)N[C@@H](CO)C(=O)N[C@@H](CS)C(=O)N1CCC[C@H]1C(=O)O. The van der Waals surface area contributed by atoms with E-state index in [0.29, 0.717) is 44.1 Å². The number of carboxylic acids is 2. The molecule has 29 nitrogen and oxygen atoms in total. The lowest BCUT2D eigenvalue weighted by atomic mass is 10.0. The number of nitrogens with two attached hydrogens (primary N) is 2. The number of amides is 10. The molecular formula is C51H76N12O17S. The summed E-state index contributed by atoms with van der Waals surface area (Å²) in [5.74, 6) is -10.5. The molecule has 448 valence electrons. The number of hydrogen-bond donors (Lipinski definition) is 14. The van der Waals surface area contributed by atoms with E-state index in [2.05, 4.69) is 44.5 Å². The van der Waals surface area contributed by atoms with Crippen molar-refractivity contribution >= 4 is 83.6 Å². The minimum Gasteiger partial charge on any atom is -0.508 e. The molecule has 0 unspecified atom stereocenters. The highest BCUT2D eigenvalue weighted by Gasteiger charge is 2.46. The average molecular weight is 1160 g/mol. The predicted molar refractivity (Wildman–Crippen MR) is 287 cm³/mol. The molecule has 0 aromatic heterocycles. The number of phenols is 1. The molecule has 4 heterocycles. The maximum absolute atomic E-state index is 14.4. The first kappa shape index (κ1) is 64.7. The molecule has 4 saturated heterocycles. The number of unbranched alkanes of at least 4 members (excludes halogenated alkanes) is 1. The van der Waals surface area contributed by atoms with Gasteiger partial charge in [0, 0.05) is 44.8 Å². The third kappa shape index (κ3) is 17.7. The van der Waals surface area contributed by atoms with E-state index in [0.717, 1.165) is 4.90 Å². The van der Waals surface area contributed by atoms with Crippen molar-refractivity contribution in [3.05, 3.63) is 29.8 Å². The van der Waals surface area contributed by atoms with Gasteiger partial charge in [0.1, 0.15) is 60.1 Å². The summed E-state index contributed by atoms with van der Waals surface area (Å²) >= 11 is 4.16. The van der Waals surface area contributed by atoms with Gasteiger partial charge in [-0.2, -0.15) is 12.6 Å². The van der Waals surface area contributed by atoms with Crippen LogP contribution in [0, 0.1) is 0 Å². The fourth-order valence-electron chi connectivity index (χ4n) is 10.4. The lowest BCUT2D eigenvalue weighted by molar-refractivity contribution is -0.150. The van der Waals surface area contributed by atoms with Crippen LogP contribution in [0.1, 0.15) is 89.0 Å². The summed E-state index contributed by atoms with van der Waals surface area (Å²) in [7, 11) is 0. The molecular weight excluding hydrogens is 1080 g/mol. The number of aliphatic hydroxyl groups excluding tert-OH is 2. The van der Waals surface area contributed by atoms with E-state index in [1.165, 1.54) is 39.0 Å². The Hall–Kier alpha value is -7.15. The van der Waals surface area contributed by atoms with Crippen LogP contribution in [0.2, 0.25) is 0 Å². The van der Waals surface area contributed by atoms with Crippen LogP contribution in [-0.4, -0.2) is 235 Å². The largest absolute Gasteiger partial charge is 0.508 e. The molecule has 4 aliphatic heterocycles. The van der Waals surface area contributed by atoms with Gasteiger partial charge in [0.15, 0.2) is 0 Å². The van der Waals surface area contributed by atoms with E-state index >= 15 is 0 Å². The molecule has 0 radical (unpaired) electrons. The number of thiol groups is 1. The molecule has 1 aromatic carbocycles. The number of benzene rings is 1. The van der Waals surface area contributed by atoms with Gasteiger partial charge in [0.2, 0.25) is 59.1 Å². The van der Waals surface area contributed by atoms with Crippen molar-refractivity contribution in [1.82, 2.24) is 51.5 Å². The van der Waals surface area contributed by atoms with Crippen molar-refractivity contribution in [3.8, 4) is 5.75 Å². The average Bonchev–Trinajstić information content (AvgIpc) is 4.35. The molecule has 0 saturated carbocycles. The molecule has 1 aromatic rings. The second kappa shape index (κ2) is 31.2. The van der Waals surface area contributed by atoms with Crippen molar-refractivity contribution in [2.45, 2.75) is 150 Å². The third-order valence-corrected chi connectivity index (χ3v) is 15.1. The normalized spacial score (nSPS) is 21.0. The molecule has 0 aliphatic carbocycles. The van der Waals surface area contributed by atoms with Crippen LogP contribution >= 0.6 is 12.6 Å². The van der Waals surface area contributed by atoms with Crippen molar-refractivity contribution in [1.29, 1.82) is 0 Å². The molecule has 0 spiro atoms. The second-order valence-corrected chi connectivity index (χ2v) is 20.8. The van der Waals surface area contributed by atoms with E-state index in [-0.39, 0.29) is 89.2 Å². The first-order valence-electron chi connectivity index (χ1n) is 27.2. The lowest BCUT2D eigenvalue weighted by Crippen LogP contribution is -2.60. The number of hydrogen-bond acceptors (Lipinski definition) is 18. The van der Waals surface area contributed by atoms with Crippen molar-refractivity contribution in [3.63, 3.8) is 0 Å². The molecule has 0 bridgehead atoms. The Kier molecular flexibility index (Phi) is 24.9. The van der Waals surface area contributed by atoms with Crippen LogP contribution in [0.25, 0.3) is 0 Å². The molecule has 5 rings (SSSR count). The van der Waals surface area contributed by atoms with E-state index in [1.54, 1.807) is 0 Å². The second-order valence-electron chi connectivity index (χ2n) is 20.4. The predicted octanol–water partition coefficient (Wildman–Crippen LogP) is -5.24. The Balaban J connectivity index is 1.22. The number of phenolic OH excluding ortho intramolecular Hbond substituents is 1. The van der Waals surface area contributed by atoms with Gasteiger partial charge in [0.05, 0.1) is 25.8 Å². The zero-order chi connectivity index (χ0) is 59.5. The van der Waals surface area contributed by atoms with Gasteiger partial charge in [-0.1, -0.05) is 12.1 Å². The molecule has 4 fully saturated rings. The van der Waals surface area contributed by atoms with Crippen LogP contribution < -0.4 is 43.4 Å². The zero-order valence-electron chi connectivity index (χ0n) is 44.9. The molecule has 15 N–H and O–H groups in total. The van der Waals surface area contributed by atoms with Gasteiger partial charge in [-0.3, -0.25) is 52.7 Å². The van der Waals surface area contributed by atoms with E-state index in [1.807, 2.05) is 0 Å². The third-order valence-electron chi connectivity index (χ3n) is 14.8. The Labute approximate surface area is 472 Å². The van der Waals surface area contributed by atoms with E-state index in [4.69, 9.17) is 16.6 Å². The minimum absolute atomic E-state index is 0.0132. The molecule has 30 heteroatoms. The highest BCUT2D eigenvalue weighted by molar-refractivity contribution is 7.80. The summed E-state index contributed by atoms with van der Waals surface area (Å²) < 4.78 is 0. The standard InChI is InChI=1S/C51H76N12O17S/c52-18-2-1-7-31(55-45(73)33(25-64)57-42(70)30(53)16-17-41(68)69)44(72)56-32(23-28-12-14-29(66)15-13-28)43(71)54-24-40(67)60-19-4-9-37(60)49(77)62-21-5-10-38(62)50(78)61-20-3-8-36(61)47(75)58-34(26-65)46(74)59-35(27-81)48(76)63-22-6-11-39(63)51(79)80/h12-15,30-39,64-66,81H,1-11,16-27,52-53H2,(H,54,71)(H,55,73)(H,56,72)(H,57,70)(H,58,75)(H,59,74)(H,68,69)(H,79,80)/t30-,31-,32-,33-,34-,35-,36-,37-,38-,39-/m0/s1. The number of likely N-dealkylation sites (tertiary alicyclic amines) is 4. The summed E-state index contributed by atoms with van der Waals surface area (Å²) in [6.07, 6.45) is 2.37. The van der Waals surface area contributed by atoms with Crippen LogP contribution in [-0.2, 0) is 64.0 Å². The molecule has 4 aliphatic rings. The summed E-state index contributed by atoms with van der Waals surface area (Å²) in [5, 5.41) is 63.3. The van der Waals surface area contributed by atoms with Crippen molar-refractivity contribution in [2.24, 2.45) is 11.5 Å². The highest BCUT2D eigenvalue weighted by Crippen LogP contribution is 2.29. The molecule has 10 atom stereocenters. The number of aliphatic carboxylic acids is 2. The minimum atomic E-state index is -1.61. The number of nitrogens with one attached hydrogen (secondary N) is 6. The number of rotatable bonds is 29. The molecule has 10 amide bonds. The summed E-state index contributed by atoms with van der Waals surface area (Å²) in [5.41, 5.74) is 11.9. The number of aromatic hydroxyl groups is 1. The van der Waals surface area contributed by atoms with Crippen LogP contribution in [0.4, 0.5) is 0 Å². The maximum atomic E-state index is 14.4. The van der Waals surface area contributed by atoms with Gasteiger partial charge in [-0.25, -0.2) is 4.79 Å². The fourth-order valence-corrected chi connectivity index (χ4v) is 10.6. The smallest absolute Gasteiger partial charge is 0.326 e. The highest BCUT2D eigenvalue weighted by atomic mass is 32.1. The lowest BCUT2D eigenvalue weighted by Gasteiger charge is -2.34. The Morgan fingerprint density at radius 3 is 1.64 bits per heavy atom. The first-order valence-corrected chi connectivity index (χ1v) is 27.8. The monoisotopic (exact) mass is 1160 g/mol. The number of carbonyl (C=O) groups is 12. The van der Waals surface area contributed by atoms with Gasteiger partial charge in [-0.05, 0) is 101 Å². The van der Waals surface area contributed by atoms with Crippen molar-refractivity contribution in [2.75, 3.05) is 58.2 Å². The van der Waals surface area contributed by atoms with Gasteiger partial charge in [-0.15, -0.1) is 0 Å². The topological polar surface area (TPSA) is 443 Å². The van der Waals surface area contributed by atoms with Gasteiger partial charge in [0.25, 0.3) is 0 Å². The van der Waals surface area contributed by atoms with Crippen molar-refractivity contribution < 1.29 is 83.1 Å². The number of carboxylic acid groups (broad SMARTS) is 2. The van der Waals surface area contributed by atoms with E-state index in [9.17, 15) is 78.0 Å². The zero-order valence-corrected chi connectivity index (χ0v) is 45.8. The maximum Gasteiger partial charge on any atom is 0.326 e.